The van der Waals surface area contributed by atoms with E-state index in [4.69, 9.17) is 17.3 Å². The van der Waals surface area contributed by atoms with Crippen LogP contribution in [0.3, 0.4) is 0 Å². The molecule has 0 bridgehead atoms. The summed E-state index contributed by atoms with van der Waals surface area (Å²) < 4.78 is 4.39. The molecule has 0 radical (unpaired) electrons. The van der Waals surface area contributed by atoms with Crippen LogP contribution in [-0.4, -0.2) is 29.4 Å². The molecule has 0 aromatic heterocycles. The maximum absolute atomic E-state index is 11.0. The Morgan fingerprint density at radius 2 is 2.18 bits per heavy atom. The third kappa shape index (κ3) is 3.59. The highest BCUT2D eigenvalue weighted by molar-refractivity contribution is 6.30. The second-order valence-electron chi connectivity index (χ2n) is 3.57. The molecule has 4 N–H and O–H groups in total. The molecule has 1 aromatic carbocycles. The van der Waals surface area contributed by atoms with Crippen molar-refractivity contribution in [3.63, 3.8) is 0 Å². The smallest absolute Gasteiger partial charge is 0.308 e. The molecule has 0 aliphatic rings. The summed E-state index contributed by atoms with van der Waals surface area (Å²) in [7, 11) is 1.21. The molecule has 0 saturated heterocycles. The monoisotopic (exact) mass is 259 g/mol. The molecule has 17 heavy (non-hydrogen) atoms. The molecule has 0 aliphatic carbocycles. The highest BCUT2D eigenvalue weighted by atomic mass is 35.5. The van der Waals surface area contributed by atoms with E-state index in [2.05, 4.69) is 4.74 Å². The average Bonchev–Trinajstić information content (AvgIpc) is 2.28. The summed E-state index contributed by atoms with van der Waals surface area (Å²) in [5.41, 5.74) is 6.23. The van der Waals surface area contributed by atoms with Gasteiger partial charge in [0.05, 0.1) is 19.6 Å². The Bertz CT molecular complexity index is 410. The first-order valence-electron chi connectivity index (χ1n) is 4.93. The van der Waals surface area contributed by atoms with Crippen LogP contribution in [0.4, 0.5) is 5.69 Å². The highest BCUT2D eigenvalue weighted by Crippen LogP contribution is 2.27. The predicted octanol–water partition coefficient (Wildman–Crippen LogP) is 0.880. The number of anilines is 1. The lowest BCUT2D eigenvalue weighted by molar-refractivity contribution is -0.144. The van der Waals surface area contributed by atoms with Crippen molar-refractivity contribution in [2.24, 2.45) is 0 Å². The molecular weight excluding hydrogens is 246 g/mol. The van der Waals surface area contributed by atoms with Gasteiger partial charge >= 0.3 is 5.97 Å². The maximum atomic E-state index is 11.0. The van der Waals surface area contributed by atoms with Gasteiger partial charge in [0.25, 0.3) is 0 Å². The number of benzene rings is 1. The summed E-state index contributed by atoms with van der Waals surface area (Å²) in [6.45, 7) is 0. The number of aliphatic hydroxyl groups is 2. The largest absolute Gasteiger partial charge is 0.469 e. The highest BCUT2D eigenvalue weighted by Gasteiger charge is 2.23. The van der Waals surface area contributed by atoms with Crippen molar-refractivity contribution in [3.05, 3.63) is 28.8 Å². The van der Waals surface area contributed by atoms with Crippen LogP contribution < -0.4 is 5.73 Å². The molecule has 2 unspecified atom stereocenters. The number of esters is 1. The van der Waals surface area contributed by atoms with Gasteiger partial charge in [-0.05, 0) is 12.1 Å². The second kappa shape index (κ2) is 5.86. The van der Waals surface area contributed by atoms with Crippen LogP contribution in [0, 0.1) is 0 Å². The average molecular weight is 260 g/mol. The predicted molar refractivity (Wildman–Crippen MR) is 63.5 cm³/mol. The molecule has 0 amide bonds. The van der Waals surface area contributed by atoms with Crippen LogP contribution in [0.15, 0.2) is 18.2 Å². The Morgan fingerprint density at radius 1 is 1.53 bits per heavy atom. The molecule has 6 heteroatoms. The van der Waals surface area contributed by atoms with Gasteiger partial charge in [-0.3, -0.25) is 4.79 Å². The minimum atomic E-state index is -1.27. The van der Waals surface area contributed by atoms with Gasteiger partial charge < -0.3 is 20.7 Å². The van der Waals surface area contributed by atoms with Crippen LogP contribution in [0.1, 0.15) is 18.1 Å². The van der Waals surface area contributed by atoms with E-state index in [0.29, 0.717) is 10.6 Å². The zero-order valence-electron chi connectivity index (χ0n) is 9.26. The standard InChI is InChI=1S/C11H14ClNO4/c1-17-10(15)5-9(14)11(16)7-3-2-6(12)4-8(7)13/h2-4,9,11,14,16H,5,13H2,1H3. The molecule has 0 heterocycles. The number of carbonyl (C=O) groups excluding carboxylic acids is 1. The molecule has 1 aromatic rings. The minimum Gasteiger partial charge on any atom is -0.469 e. The summed E-state index contributed by atoms with van der Waals surface area (Å²) in [6.07, 6.45) is -2.84. The zero-order chi connectivity index (χ0) is 13.0. The van der Waals surface area contributed by atoms with Crippen LogP contribution in [0.5, 0.6) is 0 Å². The molecule has 5 nitrogen and oxygen atoms in total. The normalized spacial score (nSPS) is 14.1. The summed E-state index contributed by atoms with van der Waals surface area (Å²) in [4.78, 5) is 11.0. The van der Waals surface area contributed by atoms with E-state index >= 15 is 0 Å². The van der Waals surface area contributed by atoms with Crippen LogP contribution >= 0.6 is 11.6 Å². The van der Waals surface area contributed by atoms with E-state index in [1.807, 2.05) is 0 Å². The van der Waals surface area contributed by atoms with Crippen molar-refractivity contribution in [2.75, 3.05) is 12.8 Å². The Kier molecular flexibility index (Phi) is 4.74. The fourth-order valence-corrected chi connectivity index (χ4v) is 1.57. The maximum Gasteiger partial charge on any atom is 0.308 e. The number of hydrogen-bond acceptors (Lipinski definition) is 5. The Labute approximate surface area is 104 Å². The third-order valence-corrected chi connectivity index (χ3v) is 2.57. The lowest BCUT2D eigenvalue weighted by Gasteiger charge is -2.18. The van der Waals surface area contributed by atoms with E-state index in [1.54, 1.807) is 6.07 Å². The van der Waals surface area contributed by atoms with Gasteiger partial charge in [-0.2, -0.15) is 0 Å². The van der Waals surface area contributed by atoms with Gasteiger partial charge in [-0.15, -0.1) is 0 Å². The summed E-state index contributed by atoms with van der Waals surface area (Å²) in [5, 5.41) is 19.9. The van der Waals surface area contributed by atoms with Gasteiger partial charge in [-0.25, -0.2) is 0 Å². The molecular formula is C11H14ClNO4. The van der Waals surface area contributed by atoms with E-state index in [1.165, 1.54) is 19.2 Å². The second-order valence-corrected chi connectivity index (χ2v) is 4.00. The van der Waals surface area contributed by atoms with Gasteiger partial charge in [0, 0.05) is 16.3 Å². The third-order valence-electron chi connectivity index (χ3n) is 2.34. The molecule has 0 saturated carbocycles. The van der Waals surface area contributed by atoms with Gasteiger partial charge in [-0.1, -0.05) is 17.7 Å². The van der Waals surface area contributed by atoms with E-state index in [0.717, 1.165) is 0 Å². The SMILES string of the molecule is COC(=O)CC(O)C(O)c1ccc(Cl)cc1N. The van der Waals surface area contributed by atoms with E-state index < -0.39 is 18.2 Å². The van der Waals surface area contributed by atoms with Crippen LogP contribution in [0.25, 0.3) is 0 Å². The Hall–Kier alpha value is -1.30. The first kappa shape index (κ1) is 13.8. The number of carbonyl (C=O) groups is 1. The van der Waals surface area contributed by atoms with E-state index in [9.17, 15) is 15.0 Å². The molecule has 94 valence electrons. The summed E-state index contributed by atoms with van der Waals surface area (Å²) in [5.74, 6) is -0.607. The molecule has 2 atom stereocenters. The van der Waals surface area contributed by atoms with E-state index in [-0.39, 0.29) is 12.1 Å². The van der Waals surface area contributed by atoms with Crippen molar-refractivity contribution in [3.8, 4) is 0 Å². The number of nitrogens with two attached hydrogens (primary N) is 1. The van der Waals surface area contributed by atoms with Crippen molar-refractivity contribution in [1.29, 1.82) is 0 Å². The zero-order valence-corrected chi connectivity index (χ0v) is 10.0. The lowest BCUT2D eigenvalue weighted by atomic mass is 10.0. The van der Waals surface area contributed by atoms with Gasteiger partial charge in [0.2, 0.25) is 0 Å². The van der Waals surface area contributed by atoms with Crippen LogP contribution in [-0.2, 0) is 9.53 Å². The number of aliphatic hydroxyl groups excluding tert-OH is 2. The Balaban J connectivity index is 2.81. The van der Waals surface area contributed by atoms with Gasteiger partial charge in [0.15, 0.2) is 0 Å². The molecule has 0 aliphatic heterocycles. The summed E-state index contributed by atoms with van der Waals surface area (Å²) in [6, 6.07) is 4.51. The van der Waals surface area contributed by atoms with Crippen molar-refractivity contribution < 1.29 is 19.7 Å². The first-order valence-corrected chi connectivity index (χ1v) is 5.31. The first-order chi connectivity index (χ1) is 7.95. The topological polar surface area (TPSA) is 92.8 Å². The number of ether oxygens (including phenoxy) is 1. The van der Waals surface area contributed by atoms with Crippen molar-refractivity contribution in [1.82, 2.24) is 0 Å². The number of hydrogen-bond donors (Lipinski definition) is 3. The minimum absolute atomic E-state index is 0.258. The Morgan fingerprint density at radius 3 is 2.71 bits per heavy atom. The van der Waals surface area contributed by atoms with Gasteiger partial charge in [0.1, 0.15) is 6.10 Å². The molecule has 0 spiro atoms. The van der Waals surface area contributed by atoms with Crippen molar-refractivity contribution >= 4 is 23.3 Å². The van der Waals surface area contributed by atoms with Crippen LogP contribution in [0.2, 0.25) is 5.02 Å². The fourth-order valence-electron chi connectivity index (χ4n) is 1.39. The number of rotatable bonds is 4. The molecule has 0 fully saturated rings. The number of halogens is 1. The quantitative estimate of drug-likeness (QED) is 0.551. The fraction of sp³-hybridized carbons (Fsp3) is 0.364. The lowest BCUT2D eigenvalue weighted by Crippen LogP contribution is -2.23. The summed E-state index contributed by atoms with van der Waals surface area (Å²) >= 11 is 5.71. The molecule has 1 rings (SSSR count). The number of methoxy groups -OCH3 is 1. The van der Waals surface area contributed by atoms with Crippen molar-refractivity contribution in [2.45, 2.75) is 18.6 Å². The number of nitrogen functional groups attached to an aromatic ring is 1.